The van der Waals surface area contributed by atoms with Crippen molar-refractivity contribution < 1.29 is 19.1 Å². The van der Waals surface area contributed by atoms with Gasteiger partial charge in [0.1, 0.15) is 11.1 Å². The number of halogens is 1. The molecule has 2 aliphatic rings. The fourth-order valence-electron chi connectivity index (χ4n) is 2.99. The van der Waals surface area contributed by atoms with Gasteiger partial charge in [-0.3, -0.25) is 9.59 Å². The molecule has 0 aromatic carbocycles. The maximum absolute atomic E-state index is 12.6. The van der Waals surface area contributed by atoms with Gasteiger partial charge in [0.2, 0.25) is 11.8 Å². The lowest BCUT2D eigenvalue weighted by atomic mass is 10.1. The Morgan fingerprint density at radius 1 is 1.20 bits per heavy atom. The van der Waals surface area contributed by atoms with Gasteiger partial charge in [-0.15, -0.1) is 0 Å². The third kappa shape index (κ3) is 4.41. The van der Waals surface area contributed by atoms with Crippen molar-refractivity contribution in [3.63, 3.8) is 0 Å². The standard InChI is InChI=1S/C17H22ClN3O4/c1-12(22)20-4-6-21(7-5-20)17(23)13-10-15(18)16(19-11-13)25-14-2-8-24-9-3-14/h10-11,14H,2-9H2,1H3. The van der Waals surface area contributed by atoms with Crippen LogP contribution in [0.5, 0.6) is 5.88 Å². The van der Waals surface area contributed by atoms with Crippen LogP contribution in [-0.4, -0.2) is 72.1 Å². The smallest absolute Gasteiger partial charge is 0.255 e. The van der Waals surface area contributed by atoms with Gasteiger partial charge in [-0.25, -0.2) is 4.98 Å². The Hall–Kier alpha value is -1.86. The fraction of sp³-hybridized carbons (Fsp3) is 0.588. The number of pyridine rings is 1. The predicted octanol–water partition coefficient (Wildman–Crippen LogP) is 1.60. The molecule has 8 heteroatoms. The monoisotopic (exact) mass is 367 g/mol. The van der Waals surface area contributed by atoms with Gasteiger partial charge in [0.25, 0.3) is 5.91 Å². The summed E-state index contributed by atoms with van der Waals surface area (Å²) < 4.78 is 11.1. The van der Waals surface area contributed by atoms with Gasteiger partial charge >= 0.3 is 0 Å². The highest BCUT2D eigenvalue weighted by molar-refractivity contribution is 6.32. The first-order valence-corrected chi connectivity index (χ1v) is 8.87. The van der Waals surface area contributed by atoms with E-state index in [2.05, 4.69) is 4.98 Å². The molecule has 0 unspecified atom stereocenters. The molecule has 2 fully saturated rings. The van der Waals surface area contributed by atoms with E-state index in [4.69, 9.17) is 21.1 Å². The number of carbonyl (C=O) groups is 2. The summed E-state index contributed by atoms with van der Waals surface area (Å²) in [4.78, 5) is 31.6. The van der Waals surface area contributed by atoms with E-state index in [0.29, 0.717) is 55.9 Å². The molecule has 3 rings (SSSR count). The molecular formula is C17H22ClN3O4. The molecule has 1 aromatic heterocycles. The van der Waals surface area contributed by atoms with E-state index in [0.717, 1.165) is 12.8 Å². The maximum Gasteiger partial charge on any atom is 0.255 e. The number of nitrogens with zero attached hydrogens (tertiary/aromatic N) is 3. The average molecular weight is 368 g/mol. The normalized spacial score (nSPS) is 19.0. The number of carbonyl (C=O) groups excluding carboxylic acids is 2. The summed E-state index contributed by atoms with van der Waals surface area (Å²) in [7, 11) is 0. The molecule has 2 saturated heterocycles. The quantitative estimate of drug-likeness (QED) is 0.811. The van der Waals surface area contributed by atoms with Crippen LogP contribution in [0.3, 0.4) is 0 Å². The minimum absolute atomic E-state index is 0.0337. The largest absolute Gasteiger partial charge is 0.473 e. The van der Waals surface area contributed by atoms with Crippen molar-refractivity contribution in [3.05, 3.63) is 22.8 Å². The molecule has 1 aromatic rings. The molecule has 136 valence electrons. The van der Waals surface area contributed by atoms with Gasteiger partial charge in [0.05, 0.1) is 18.8 Å². The zero-order chi connectivity index (χ0) is 17.8. The second-order valence-corrected chi connectivity index (χ2v) is 6.65. The Labute approximate surface area is 151 Å². The highest BCUT2D eigenvalue weighted by Gasteiger charge is 2.24. The molecule has 25 heavy (non-hydrogen) atoms. The molecule has 0 atom stereocenters. The van der Waals surface area contributed by atoms with E-state index >= 15 is 0 Å². The van der Waals surface area contributed by atoms with Crippen LogP contribution >= 0.6 is 11.6 Å². The molecule has 0 N–H and O–H groups in total. The SMILES string of the molecule is CC(=O)N1CCN(C(=O)c2cnc(OC3CCOCC3)c(Cl)c2)CC1. The number of rotatable bonds is 3. The zero-order valence-electron chi connectivity index (χ0n) is 14.2. The van der Waals surface area contributed by atoms with Crippen LogP contribution in [0.1, 0.15) is 30.1 Å². The fourth-order valence-corrected chi connectivity index (χ4v) is 3.20. The number of piperazine rings is 1. The highest BCUT2D eigenvalue weighted by Crippen LogP contribution is 2.26. The van der Waals surface area contributed by atoms with Crippen molar-refractivity contribution in [2.75, 3.05) is 39.4 Å². The van der Waals surface area contributed by atoms with Crippen molar-refractivity contribution in [2.45, 2.75) is 25.9 Å². The zero-order valence-corrected chi connectivity index (χ0v) is 15.0. The van der Waals surface area contributed by atoms with Crippen LogP contribution in [0.15, 0.2) is 12.3 Å². The lowest BCUT2D eigenvalue weighted by Crippen LogP contribution is -2.50. The van der Waals surface area contributed by atoms with Crippen LogP contribution in [0.2, 0.25) is 5.02 Å². The summed E-state index contributed by atoms with van der Waals surface area (Å²) >= 11 is 6.25. The van der Waals surface area contributed by atoms with Crippen LogP contribution in [0.25, 0.3) is 0 Å². The van der Waals surface area contributed by atoms with Crippen molar-refractivity contribution in [3.8, 4) is 5.88 Å². The lowest BCUT2D eigenvalue weighted by molar-refractivity contribution is -0.130. The second kappa shape index (κ2) is 8.01. The first-order chi connectivity index (χ1) is 12.0. The molecule has 0 aliphatic carbocycles. The van der Waals surface area contributed by atoms with E-state index in [1.54, 1.807) is 22.8 Å². The van der Waals surface area contributed by atoms with E-state index in [9.17, 15) is 9.59 Å². The van der Waals surface area contributed by atoms with Crippen molar-refractivity contribution in [1.29, 1.82) is 0 Å². The topological polar surface area (TPSA) is 72.0 Å². The Balaban J connectivity index is 1.62. The number of aromatic nitrogens is 1. The first kappa shape index (κ1) is 17.9. The molecule has 0 radical (unpaired) electrons. The van der Waals surface area contributed by atoms with Crippen molar-refractivity contribution in [1.82, 2.24) is 14.8 Å². The summed E-state index contributed by atoms with van der Waals surface area (Å²) in [5.41, 5.74) is 0.431. The Kier molecular flexibility index (Phi) is 5.75. The minimum Gasteiger partial charge on any atom is -0.473 e. The van der Waals surface area contributed by atoms with Crippen LogP contribution in [-0.2, 0) is 9.53 Å². The summed E-state index contributed by atoms with van der Waals surface area (Å²) in [5.74, 6) is 0.258. The van der Waals surface area contributed by atoms with Crippen LogP contribution in [0.4, 0.5) is 0 Å². The van der Waals surface area contributed by atoms with Crippen LogP contribution < -0.4 is 4.74 Å². The second-order valence-electron chi connectivity index (χ2n) is 6.24. The molecule has 0 bridgehead atoms. The van der Waals surface area contributed by atoms with Crippen molar-refractivity contribution in [2.24, 2.45) is 0 Å². The molecule has 2 amide bonds. The summed E-state index contributed by atoms with van der Waals surface area (Å²) in [6, 6.07) is 1.60. The number of hydrogen-bond donors (Lipinski definition) is 0. The summed E-state index contributed by atoms with van der Waals surface area (Å²) in [6.45, 7) is 5.00. The van der Waals surface area contributed by atoms with E-state index in [1.807, 2.05) is 0 Å². The maximum atomic E-state index is 12.6. The Morgan fingerprint density at radius 3 is 2.44 bits per heavy atom. The van der Waals surface area contributed by atoms with Gasteiger partial charge < -0.3 is 19.3 Å². The molecule has 0 spiro atoms. The predicted molar refractivity (Wildman–Crippen MR) is 91.9 cm³/mol. The van der Waals surface area contributed by atoms with Gasteiger partial charge in [-0.1, -0.05) is 11.6 Å². The van der Waals surface area contributed by atoms with Gasteiger partial charge in [0, 0.05) is 52.1 Å². The van der Waals surface area contributed by atoms with Crippen molar-refractivity contribution >= 4 is 23.4 Å². The number of ether oxygens (including phenoxy) is 2. The van der Waals surface area contributed by atoms with Gasteiger partial charge in [-0.2, -0.15) is 0 Å². The highest BCUT2D eigenvalue weighted by atomic mass is 35.5. The number of hydrogen-bond acceptors (Lipinski definition) is 5. The molecule has 7 nitrogen and oxygen atoms in total. The summed E-state index contributed by atoms with van der Waals surface area (Å²) in [6.07, 6.45) is 3.15. The Morgan fingerprint density at radius 2 is 1.84 bits per heavy atom. The average Bonchev–Trinajstić information content (AvgIpc) is 2.64. The van der Waals surface area contributed by atoms with Gasteiger partial charge in [0.15, 0.2) is 0 Å². The third-order valence-electron chi connectivity index (χ3n) is 4.51. The number of amides is 2. The van der Waals surface area contributed by atoms with Gasteiger partial charge in [-0.05, 0) is 6.07 Å². The summed E-state index contributed by atoms with van der Waals surface area (Å²) in [5, 5.41) is 0.333. The first-order valence-electron chi connectivity index (χ1n) is 8.49. The molecule has 0 saturated carbocycles. The third-order valence-corrected chi connectivity index (χ3v) is 4.78. The molecule has 3 heterocycles. The molecular weight excluding hydrogens is 346 g/mol. The van der Waals surface area contributed by atoms with E-state index < -0.39 is 0 Å². The van der Waals surface area contributed by atoms with E-state index in [-0.39, 0.29) is 17.9 Å². The Bertz CT molecular complexity index is 641. The minimum atomic E-state index is -0.129. The molecule has 2 aliphatic heterocycles. The van der Waals surface area contributed by atoms with Crippen LogP contribution in [0, 0.1) is 0 Å². The lowest BCUT2D eigenvalue weighted by Gasteiger charge is -2.34. The van der Waals surface area contributed by atoms with E-state index in [1.165, 1.54) is 6.20 Å².